The van der Waals surface area contributed by atoms with Gasteiger partial charge in [-0.25, -0.2) is 4.72 Å². The number of carbonyl (C=O) groups excluding carboxylic acids is 1. The third-order valence-electron chi connectivity index (χ3n) is 4.42. The van der Waals surface area contributed by atoms with E-state index in [0.717, 1.165) is 23.1 Å². The molecule has 0 radical (unpaired) electrons. The van der Waals surface area contributed by atoms with E-state index < -0.39 is 16.1 Å². The van der Waals surface area contributed by atoms with Crippen LogP contribution in [0.15, 0.2) is 36.8 Å². The van der Waals surface area contributed by atoms with Crippen LogP contribution in [0.5, 0.6) is 0 Å². The van der Waals surface area contributed by atoms with Crippen LogP contribution in [0.25, 0.3) is 22.8 Å². The topological polar surface area (TPSA) is 111 Å². The monoisotopic (exact) mass is 416 g/mol. The number of hydrogen-bond donors (Lipinski definition) is 2. The normalized spacial score (nSPS) is 12.1. The molecule has 0 unspecified atom stereocenters. The highest BCUT2D eigenvalue weighted by Gasteiger charge is 2.16. The number of rotatable bonds is 8. The van der Waals surface area contributed by atoms with E-state index in [1.54, 1.807) is 23.2 Å². The first-order valence-electron chi connectivity index (χ1n) is 9.27. The molecule has 29 heavy (non-hydrogen) atoms. The molecule has 0 aliphatic heterocycles. The van der Waals surface area contributed by atoms with Gasteiger partial charge in [-0.3, -0.25) is 19.0 Å². The van der Waals surface area contributed by atoms with Crippen molar-refractivity contribution < 1.29 is 13.2 Å². The second kappa shape index (κ2) is 8.58. The number of amides is 1. The Kier molecular flexibility index (Phi) is 6.14. The van der Waals surface area contributed by atoms with Crippen molar-refractivity contribution in [2.24, 2.45) is 7.05 Å². The summed E-state index contributed by atoms with van der Waals surface area (Å²) in [6, 6.07) is 3.88. The van der Waals surface area contributed by atoms with E-state index in [1.165, 1.54) is 6.08 Å². The van der Waals surface area contributed by atoms with E-state index >= 15 is 0 Å². The van der Waals surface area contributed by atoms with Crippen LogP contribution in [-0.2, 0) is 22.1 Å². The number of pyridine rings is 1. The third-order valence-corrected chi connectivity index (χ3v) is 5.47. The number of unbranched alkanes of at least 4 members (excludes halogenated alkanes) is 1. The van der Waals surface area contributed by atoms with Crippen LogP contribution < -0.4 is 9.44 Å². The van der Waals surface area contributed by atoms with Gasteiger partial charge >= 0.3 is 10.2 Å². The fourth-order valence-corrected chi connectivity index (χ4v) is 3.87. The van der Waals surface area contributed by atoms with Gasteiger partial charge in [-0.2, -0.15) is 18.2 Å². The summed E-state index contributed by atoms with van der Waals surface area (Å²) >= 11 is 0. The van der Waals surface area contributed by atoms with Gasteiger partial charge in [0.1, 0.15) is 5.82 Å². The summed E-state index contributed by atoms with van der Waals surface area (Å²) in [5.74, 6) is 0.0145. The highest BCUT2D eigenvalue weighted by atomic mass is 32.2. The molecule has 154 valence electrons. The lowest BCUT2D eigenvalue weighted by Crippen LogP contribution is -2.39. The molecular weight excluding hydrogens is 392 g/mol. The van der Waals surface area contributed by atoms with Crippen molar-refractivity contribution in [1.82, 2.24) is 28.8 Å². The molecule has 0 aromatic carbocycles. The van der Waals surface area contributed by atoms with Crippen LogP contribution >= 0.6 is 0 Å². The minimum Gasteiger partial charge on any atom is -0.299 e. The Morgan fingerprint density at radius 2 is 2.10 bits per heavy atom. The van der Waals surface area contributed by atoms with Crippen molar-refractivity contribution in [3.8, 4) is 5.82 Å². The summed E-state index contributed by atoms with van der Waals surface area (Å²) in [7, 11) is -2.07. The van der Waals surface area contributed by atoms with Gasteiger partial charge in [-0.15, -0.1) is 0 Å². The number of aromatic nitrogens is 4. The van der Waals surface area contributed by atoms with Crippen LogP contribution in [0.3, 0.4) is 0 Å². The highest BCUT2D eigenvalue weighted by Crippen LogP contribution is 2.24. The lowest BCUT2D eigenvalue weighted by Gasteiger charge is -2.08. The zero-order valence-electron chi connectivity index (χ0n) is 16.6. The molecule has 2 N–H and O–H groups in total. The minimum atomic E-state index is -3.88. The molecule has 0 bridgehead atoms. The van der Waals surface area contributed by atoms with Gasteiger partial charge in [0.25, 0.3) is 5.91 Å². The van der Waals surface area contributed by atoms with E-state index in [4.69, 9.17) is 0 Å². The van der Waals surface area contributed by atoms with Gasteiger partial charge in [0.2, 0.25) is 0 Å². The minimum absolute atomic E-state index is 0.281. The van der Waals surface area contributed by atoms with Gasteiger partial charge in [0, 0.05) is 43.0 Å². The van der Waals surface area contributed by atoms with Gasteiger partial charge in [-0.05, 0) is 31.6 Å². The molecule has 3 aromatic heterocycles. The Labute approximate surface area is 169 Å². The maximum Gasteiger partial charge on any atom is 0.301 e. The molecule has 0 aliphatic rings. The van der Waals surface area contributed by atoms with E-state index in [2.05, 4.69) is 14.8 Å². The summed E-state index contributed by atoms with van der Waals surface area (Å²) in [5.41, 5.74) is 2.32. The molecule has 9 nitrogen and oxygen atoms in total. The summed E-state index contributed by atoms with van der Waals surface area (Å²) in [6.07, 6.45) is 9.69. The van der Waals surface area contributed by atoms with E-state index in [9.17, 15) is 13.2 Å². The fraction of sp³-hybridized carbons (Fsp3) is 0.316. The molecular formula is C19H24N6O3S. The predicted molar refractivity (Wildman–Crippen MR) is 112 cm³/mol. The average molecular weight is 417 g/mol. The molecule has 0 aliphatic carbocycles. The maximum absolute atomic E-state index is 12.1. The molecule has 0 fully saturated rings. The molecule has 3 rings (SSSR count). The predicted octanol–water partition coefficient (Wildman–Crippen LogP) is 1.83. The zero-order chi connectivity index (χ0) is 21.0. The molecule has 0 saturated carbocycles. The van der Waals surface area contributed by atoms with Crippen molar-refractivity contribution >= 4 is 33.1 Å². The Hall–Kier alpha value is -2.98. The molecule has 3 heterocycles. The lowest BCUT2D eigenvalue weighted by atomic mass is 10.2. The van der Waals surface area contributed by atoms with Crippen LogP contribution in [0.4, 0.5) is 0 Å². The number of nitrogens with zero attached hydrogens (tertiary/aromatic N) is 4. The van der Waals surface area contributed by atoms with Gasteiger partial charge < -0.3 is 0 Å². The summed E-state index contributed by atoms with van der Waals surface area (Å²) in [6.45, 7) is 4.06. The van der Waals surface area contributed by atoms with Crippen molar-refractivity contribution in [1.29, 1.82) is 0 Å². The van der Waals surface area contributed by atoms with Gasteiger partial charge in [0.05, 0.1) is 17.4 Å². The van der Waals surface area contributed by atoms with E-state index in [1.807, 2.05) is 48.5 Å². The Morgan fingerprint density at radius 3 is 2.86 bits per heavy atom. The summed E-state index contributed by atoms with van der Waals surface area (Å²) < 4.78 is 31.8. The maximum atomic E-state index is 12.1. The van der Waals surface area contributed by atoms with Crippen molar-refractivity contribution in [3.63, 3.8) is 0 Å². The Bertz CT molecular complexity index is 1160. The van der Waals surface area contributed by atoms with Crippen molar-refractivity contribution in [2.75, 3.05) is 6.54 Å². The fourth-order valence-electron chi connectivity index (χ4n) is 3.05. The first kappa shape index (κ1) is 20.7. The SMILES string of the molecule is CCCCNS(=O)(=O)NC(=O)/C=C/c1c(C)nn(C)c1-n1ccc2ccncc21. The van der Waals surface area contributed by atoms with Crippen molar-refractivity contribution in [2.45, 2.75) is 26.7 Å². The summed E-state index contributed by atoms with van der Waals surface area (Å²) in [5, 5.41) is 5.46. The smallest absolute Gasteiger partial charge is 0.299 e. The Morgan fingerprint density at radius 1 is 1.31 bits per heavy atom. The first-order chi connectivity index (χ1) is 13.8. The first-order valence-corrected chi connectivity index (χ1v) is 10.7. The number of fused-ring (bicyclic) bond motifs is 1. The van der Waals surface area contributed by atoms with Crippen LogP contribution in [-0.4, -0.2) is 40.2 Å². The molecule has 1 amide bonds. The van der Waals surface area contributed by atoms with Crippen molar-refractivity contribution in [3.05, 3.63) is 48.1 Å². The van der Waals surface area contributed by atoms with Gasteiger partial charge in [-0.1, -0.05) is 13.3 Å². The highest BCUT2D eigenvalue weighted by molar-refractivity contribution is 7.88. The van der Waals surface area contributed by atoms with Crippen LogP contribution in [0.2, 0.25) is 0 Å². The second-order valence-electron chi connectivity index (χ2n) is 6.62. The lowest BCUT2D eigenvalue weighted by molar-refractivity contribution is -0.114. The standard InChI is InChI=1S/C19H24N6O3S/c1-4-5-10-21-29(27,28)23-18(26)7-6-16-14(2)22-24(3)19(16)25-12-9-15-8-11-20-13-17(15)25/h6-9,11-13,21H,4-5,10H2,1-3H3,(H,23,26)/b7-6+. The molecule has 0 atom stereocenters. The summed E-state index contributed by atoms with van der Waals surface area (Å²) in [4.78, 5) is 16.3. The quantitative estimate of drug-likeness (QED) is 0.430. The number of nitrogens with one attached hydrogen (secondary N) is 2. The van der Waals surface area contributed by atoms with Gasteiger partial charge in [0.15, 0.2) is 0 Å². The third kappa shape index (κ3) is 4.72. The molecule has 3 aromatic rings. The molecule has 0 spiro atoms. The van der Waals surface area contributed by atoms with Crippen LogP contribution in [0.1, 0.15) is 31.0 Å². The molecule has 10 heteroatoms. The largest absolute Gasteiger partial charge is 0.301 e. The van der Waals surface area contributed by atoms with Crippen LogP contribution in [0, 0.1) is 6.92 Å². The molecule has 0 saturated heterocycles. The number of carbonyl (C=O) groups is 1. The Balaban J connectivity index is 1.86. The second-order valence-corrected chi connectivity index (χ2v) is 8.12. The average Bonchev–Trinajstić information content (AvgIpc) is 3.19. The number of hydrogen-bond acceptors (Lipinski definition) is 5. The zero-order valence-corrected chi connectivity index (χ0v) is 17.4. The number of aryl methyl sites for hydroxylation is 2. The van der Waals surface area contributed by atoms with E-state index in [0.29, 0.717) is 17.7 Å². The van der Waals surface area contributed by atoms with E-state index in [-0.39, 0.29) is 6.54 Å².